The number of halogens is 4. The molecule has 0 heterocycles. The van der Waals surface area contributed by atoms with Crippen LogP contribution in [-0.2, 0) is 6.18 Å². The third-order valence-corrected chi connectivity index (χ3v) is 3.11. The van der Waals surface area contributed by atoms with Gasteiger partial charge in [-0.1, -0.05) is 11.6 Å². The molecular weight excluding hydrogens is 337 g/mol. The van der Waals surface area contributed by atoms with Crippen molar-refractivity contribution in [2.24, 2.45) is 0 Å². The molecule has 23 heavy (non-hydrogen) atoms. The van der Waals surface area contributed by atoms with Gasteiger partial charge in [0.1, 0.15) is 5.69 Å². The summed E-state index contributed by atoms with van der Waals surface area (Å²) in [6.45, 7) is 0. The normalized spacial score (nSPS) is 11.1. The summed E-state index contributed by atoms with van der Waals surface area (Å²) in [5.74, 6) is -0.774. The lowest BCUT2D eigenvalue weighted by atomic mass is 10.1. The van der Waals surface area contributed by atoms with Crippen molar-refractivity contribution in [2.75, 3.05) is 5.32 Å². The smallest absolute Gasteiger partial charge is 0.316 e. The van der Waals surface area contributed by atoms with E-state index < -0.39 is 28.3 Å². The van der Waals surface area contributed by atoms with Crippen LogP contribution in [0.3, 0.4) is 0 Å². The third kappa shape index (κ3) is 3.98. The van der Waals surface area contributed by atoms with Gasteiger partial charge in [-0.3, -0.25) is 14.9 Å². The highest BCUT2D eigenvalue weighted by atomic mass is 35.5. The van der Waals surface area contributed by atoms with Crippen LogP contribution >= 0.6 is 11.6 Å². The summed E-state index contributed by atoms with van der Waals surface area (Å²) in [5.41, 5.74) is -1.49. The number of alkyl halides is 3. The van der Waals surface area contributed by atoms with E-state index in [1.165, 1.54) is 12.1 Å². The van der Waals surface area contributed by atoms with Crippen LogP contribution in [0.25, 0.3) is 0 Å². The number of hydrogen-bond donors (Lipinski definition) is 1. The Morgan fingerprint density at radius 1 is 1.13 bits per heavy atom. The Morgan fingerprint density at radius 3 is 2.26 bits per heavy atom. The summed E-state index contributed by atoms with van der Waals surface area (Å²) >= 11 is 5.65. The van der Waals surface area contributed by atoms with Crippen molar-refractivity contribution in [3.8, 4) is 0 Å². The van der Waals surface area contributed by atoms with E-state index in [-0.39, 0.29) is 16.3 Å². The van der Waals surface area contributed by atoms with E-state index in [4.69, 9.17) is 11.6 Å². The summed E-state index contributed by atoms with van der Waals surface area (Å²) in [7, 11) is 0. The van der Waals surface area contributed by atoms with Crippen molar-refractivity contribution in [2.45, 2.75) is 6.18 Å². The molecule has 0 aromatic heterocycles. The van der Waals surface area contributed by atoms with Crippen molar-refractivity contribution in [3.63, 3.8) is 0 Å². The van der Waals surface area contributed by atoms with Gasteiger partial charge >= 0.3 is 6.18 Å². The maximum Gasteiger partial charge on any atom is 0.416 e. The van der Waals surface area contributed by atoms with Gasteiger partial charge in [-0.2, -0.15) is 13.2 Å². The molecule has 1 N–H and O–H groups in total. The molecule has 5 nitrogen and oxygen atoms in total. The van der Waals surface area contributed by atoms with E-state index in [0.717, 1.165) is 30.3 Å². The summed E-state index contributed by atoms with van der Waals surface area (Å²) in [6, 6.07) is 7.12. The maximum absolute atomic E-state index is 12.5. The predicted molar refractivity (Wildman–Crippen MR) is 77.5 cm³/mol. The van der Waals surface area contributed by atoms with Gasteiger partial charge in [0.2, 0.25) is 0 Å². The quantitative estimate of drug-likeness (QED) is 0.657. The molecule has 0 fully saturated rings. The van der Waals surface area contributed by atoms with Crippen molar-refractivity contribution in [1.29, 1.82) is 0 Å². The zero-order valence-electron chi connectivity index (χ0n) is 11.2. The second-order valence-corrected chi connectivity index (χ2v) is 4.88. The molecule has 0 spiro atoms. The molecule has 1 amide bonds. The highest BCUT2D eigenvalue weighted by Gasteiger charge is 2.30. The monoisotopic (exact) mass is 344 g/mol. The first kappa shape index (κ1) is 16.8. The topological polar surface area (TPSA) is 72.2 Å². The minimum Gasteiger partial charge on any atom is -0.316 e. The van der Waals surface area contributed by atoms with Crippen molar-refractivity contribution in [1.82, 2.24) is 0 Å². The fraction of sp³-hybridized carbons (Fsp3) is 0.0714. The number of nitrogens with zero attached hydrogens (tertiary/aromatic N) is 1. The van der Waals surface area contributed by atoms with Gasteiger partial charge in [-0.15, -0.1) is 0 Å². The molecule has 0 aliphatic rings. The number of rotatable bonds is 3. The van der Waals surface area contributed by atoms with E-state index in [2.05, 4.69) is 5.32 Å². The standard InChI is InChI=1S/C14H8ClF3N2O3/c15-10-5-6-11(12(7-10)20(22)23)19-13(21)8-1-3-9(4-2-8)14(16,17)18/h1-7H,(H,19,21). The second-order valence-electron chi connectivity index (χ2n) is 4.45. The molecule has 0 radical (unpaired) electrons. The van der Waals surface area contributed by atoms with Crippen LogP contribution in [0.1, 0.15) is 15.9 Å². The Balaban J connectivity index is 2.24. The zero-order valence-corrected chi connectivity index (χ0v) is 12.0. The van der Waals surface area contributed by atoms with Gasteiger partial charge in [-0.05, 0) is 36.4 Å². The van der Waals surface area contributed by atoms with Crippen molar-refractivity contribution in [3.05, 3.63) is 68.7 Å². The number of nitro benzene ring substituents is 1. The summed E-state index contributed by atoms with van der Waals surface area (Å²) in [5, 5.41) is 13.3. The van der Waals surface area contributed by atoms with Crippen LogP contribution in [0, 0.1) is 10.1 Å². The molecule has 120 valence electrons. The highest BCUT2D eigenvalue weighted by molar-refractivity contribution is 6.31. The van der Waals surface area contributed by atoms with Crippen molar-refractivity contribution < 1.29 is 22.9 Å². The lowest BCUT2D eigenvalue weighted by molar-refractivity contribution is -0.383. The first-order valence-electron chi connectivity index (χ1n) is 6.11. The van der Waals surface area contributed by atoms with Crippen LogP contribution in [0.2, 0.25) is 5.02 Å². The number of benzene rings is 2. The van der Waals surface area contributed by atoms with E-state index in [1.807, 2.05) is 0 Å². The van der Waals surface area contributed by atoms with Gasteiger partial charge in [0.05, 0.1) is 10.5 Å². The number of nitrogens with one attached hydrogen (secondary N) is 1. The van der Waals surface area contributed by atoms with Crippen LogP contribution in [-0.4, -0.2) is 10.8 Å². The highest BCUT2D eigenvalue weighted by Crippen LogP contribution is 2.30. The largest absolute Gasteiger partial charge is 0.416 e. The van der Waals surface area contributed by atoms with Gasteiger partial charge in [0, 0.05) is 16.7 Å². The first-order valence-corrected chi connectivity index (χ1v) is 6.49. The average Bonchev–Trinajstić information content (AvgIpc) is 2.48. The third-order valence-electron chi connectivity index (χ3n) is 2.88. The van der Waals surface area contributed by atoms with Gasteiger partial charge in [0.15, 0.2) is 0 Å². The fourth-order valence-corrected chi connectivity index (χ4v) is 1.93. The molecule has 2 aromatic rings. The molecule has 2 aromatic carbocycles. The lowest BCUT2D eigenvalue weighted by Gasteiger charge is -2.09. The maximum atomic E-state index is 12.5. The Kier molecular flexibility index (Phi) is 4.55. The van der Waals surface area contributed by atoms with E-state index >= 15 is 0 Å². The van der Waals surface area contributed by atoms with Crippen LogP contribution in [0.4, 0.5) is 24.5 Å². The minimum atomic E-state index is -4.51. The first-order chi connectivity index (χ1) is 10.7. The van der Waals surface area contributed by atoms with Crippen LogP contribution in [0.5, 0.6) is 0 Å². The molecule has 0 aliphatic carbocycles. The molecule has 9 heteroatoms. The molecule has 0 atom stereocenters. The number of carbonyl (C=O) groups is 1. The van der Waals surface area contributed by atoms with E-state index in [0.29, 0.717) is 0 Å². The molecule has 0 saturated carbocycles. The molecule has 0 bridgehead atoms. The average molecular weight is 345 g/mol. The van der Waals surface area contributed by atoms with Gasteiger partial charge in [-0.25, -0.2) is 0 Å². The summed E-state index contributed by atoms with van der Waals surface area (Å²) < 4.78 is 37.4. The molecular formula is C14H8ClF3N2O3. The van der Waals surface area contributed by atoms with Gasteiger partial charge in [0.25, 0.3) is 11.6 Å². The number of carbonyl (C=O) groups excluding carboxylic acids is 1. The SMILES string of the molecule is O=C(Nc1ccc(Cl)cc1[N+](=O)[O-])c1ccc(C(F)(F)F)cc1. The van der Waals surface area contributed by atoms with Crippen molar-refractivity contribution >= 4 is 28.9 Å². The summed E-state index contributed by atoms with van der Waals surface area (Å²) in [6.07, 6.45) is -4.51. The Bertz CT molecular complexity index is 761. The second kappa shape index (κ2) is 6.25. The molecule has 2 rings (SSSR count). The van der Waals surface area contributed by atoms with E-state index in [1.54, 1.807) is 0 Å². The molecule has 0 saturated heterocycles. The Labute approximate surface area is 132 Å². The lowest BCUT2D eigenvalue weighted by Crippen LogP contribution is -2.14. The zero-order chi connectivity index (χ0) is 17.2. The fourth-order valence-electron chi connectivity index (χ4n) is 1.77. The van der Waals surface area contributed by atoms with Crippen LogP contribution < -0.4 is 5.32 Å². The minimum absolute atomic E-state index is 0.0674. The molecule has 0 unspecified atom stereocenters. The van der Waals surface area contributed by atoms with Crippen LogP contribution in [0.15, 0.2) is 42.5 Å². The number of hydrogen-bond acceptors (Lipinski definition) is 3. The summed E-state index contributed by atoms with van der Waals surface area (Å²) in [4.78, 5) is 22.2. The number of nitro groups is 1. The Hall–Kier alpha value is -2.61. The molecule has 0 aliphatic heterocycles. The number of anilines is 1. The van der Waals surface area contributed by atoms with Gasteiger partial charge < -0.3 is 5.32 Å². The predicted octanol–water partition coefficient (Wildman–Crippen LogP) is 4.52. The van der Waals surface area contributed by atoms with E-state index in [9.17, 15) is 28.1 Å². The number of amides is 1. The Morgan fingerprint density at radius 2 is 1.74 bits per heavy atom.